The van der Waals surface area contributed by atoms with Gasteiger partial charge in [0.2, 0.25) is 0 Å². The van der Waals surface area contributed by atoms with Crippen molar-refractivity contribution in [1.29, 1.82) is 0 Å². The Labute approximate surface area is 122 Å². The molecule has 0 bridgehead atoms. The van der Waals surface area contributed by atoms with E-state index in [1.165, 1.54) is 0 Å². The van der Waals surface area contributed by atoms with Gasteiger partial charge >= 0.3 is 0 Å². The number of H-pyrrole nitrogens is 1. The van der Waals surface area contributed by atoms with Crippen molar-refractivity contribution in [3.8, 4) is 11.4 Å². The zero-order chi connectivity index (χ0) is 14.8. The fraction of sp³-hybridized carbons (Fsp3) is 0.267. The number of hydrogen-bond donors (Lipinski definition) is 2. The minimum absolute atomic E-state index is 0.678. The summed E-state index contributed by atoms with van der Waals surface area (Å²) in [5, 5.41) is 14.4. The van der Waals surface area contributed by atoms with Crippen LogP contribution in [0.5, 0.6) is 0 Å². The molecule has 0 aliphatic heterocycles. The van der Waals surface area contributed by atoms with E-state index >= 15 is 0 Å². The van der Waals surface area contributed by atoms with Crippen molar-refractivity contribution in [1.82, 2.24) is 20.3 Å². The summed E-state index contributed by atoms with van der Waals surface area (Å²) in [5.41, 5.74) is 3.99. The summed E-state index contributed by atoms with van der Waals surface area (Å²) in [4.78, 5) is 4.34. The summed E-state index contributed by atoms with van der Waals surface area (Å²) >= 11 is 0. The first-order valence-electron chi connectivity index (χ1n) is 6.78. The van der Waals surface area contributed by atoms with Gasteiger partial charge in [-0.05, 0) is 32.9 Å². The molecule has 0 fully saturated rings. The first-order chi connectivity index (χ1) is 10.1. The lowest BCUT2D eigenvalue weighted by atomic mass is 10.1. The predicted molar refractivity (Wildman–Crippen MR) is 79.9 cm³/mol. The molecule has 0 atom stereocenters. The number of nitrogens with one attached hydrogen (secondary N) is 2. The van der Waals surface area contributed by atoms with Gasteiger partial charge in [-0.2, -0.15) is 5.10 Å². The van der Waals surface area contributed by atoms with Gasteiger partial charge in [-0.15, -0.1) is 0 Å². The average molecular weight is 283 g/mol. The quantitative estimate of drug-likeness (QED) is 0.769. The molecule has 2 heterocycles. The summed E-state index contributed by atoms with van der Waals surface area (Å²) in [6, 6.07) is 8.02. The fourth-order valence-electron chi connectivity index (χ4n) is 2.18. The highest BCUT2D eigenvalue weighted by atomic mass is 16.5. The van der Waals surface area contributed by atoms with Gasteiger partial charge in [-0.25, -0.2) is 4.98 Å². The third-order valence-corrected chi connectivity index (χ3v) is 3.37. The van der Waals surface area contributed by atoms with Crippen LogP contribution in [0.25, 0.3) is 11.4 Å². The third kappa shape index (κ3) is 2.79. The van der Waals surface area contributed by atoms with E-state index in [0.717, 1.165) is 34.1 Å². The van der Waals surface area contributed by atoms with Crippen LogP contribution in [0.3, 0.4) is 0 Å². The van der Waals surface area contributed by atoms with Gasteiger partial charge < -0.3 is 9.84 Å². The van der Waals surface area contributed by atoms with Crippen molar-refractivity contribution in [2.75, 3.05) is 5.32 Å². The smallest absolute Gasteiger partial charge is 0.181 e. The van der Waals surface area contributed by atoms with E-state index in [4.69, 9.17) is 4.52 Å². The number of anilines is 1. The molecule has 2 N–H and O–H groups in total. The van der Waals surface area contributed by atoms with E-state index in [1.807, 2.05) is 45.0 Å². The van der Waals surface area contributed by atoms with Crippen molar-refractivity contribution in [3.05, 3.63) is 47.1 Å². The van der Waals surface area contributed by atoms with Crippen molar-refractivity contribution in [3.63, 3.8) is 0 Å². The Hall–Kier alpha value is -2.63. The molecule has 0 unspecified atom stereocenters. The molecule has 0 saturated heterocycles. The maximum Gasteiger partial charge on any atom is 0.181 e. The first-order valence-corrected chi connectivity index (χ1v) is 6.78. The van der Waals surface area contributed by atoms with E-state index in [0.29, 0.717) is 12.4 Å². The molecule has 6 heteroatoms. The van der Waals surface area contributed by atoms with Gasteiger partial charge in [0.25, 0.3) is 0 Å². The molecular weight excluding hydrogens is 266 g/mol. The highest BCUT2D eigenvalue weighted by Crippen LogP contribution is 2.21. The van der Waals surface area contributed by atoms with Crippen molar-refractivity contribution in [2.45, 2.75) is 27.3 Å². The summed E-state index contributed by atoms with van der Waals surface area (Å²) in [5.74, 6) is 2.35. The van der Waals surface area contributed by atoms with Crippen LogP contribution in [-0.2, 0) is 6.54 Å². The monoisotopic (exact) mass is 283 g/mol. The van der Waals surface area contributed by atoms with Gasteiger partial charge in [-0.3, -0.25) is 5.10 Å². The second-order valence-electron chi connectivity index (χ2n) is 4.98. The SMILES string of the molecule is Cc1nc(-c2cccc(NCc3c(C)noc3C)c2)n[nH]1. The molecule has 2 aromatic heterocycles. The molecule has 0 amide bonds. The van der Waals surface area contributed by atoms with E-state index in [2.05, 4.69) is 25.7 Å². The minimum atomic E-state index is 0.678. The molecule has 0 spiro atoms. The lowest BCUT2D eigenvalue weighted by molar-refractivity contribution is 0.392. The average Bonchev–Trinajstić information content (AvgIpc) is 3.04. The van der Waals surface area contributed by atoms with Crippen LogP contribution in [0.2, 0.25) is 0 Å². The Morgan fingerprint density at radius 3 is 2.76 bits per heavy atom. The van der Waals surface area contributed by atoms with Crippen LogP contribution < -0.4 is 5.32 Å². The van der Waals surface area contributed by atoms with Crippen LogP contribution in [0.1, 0.15) is 22.8 Å². The van der Waals surface area contributed by atoms with Crippen LogP contribution in [-0.4, -0.2) is 20.3 Å². The zero-order valence-corrected chi connectivity index (χ0v) is 12.3. The van der Waals surface area contributed by atoms with Crippen LogP contribution >= 0.6 is 0 Å². The molecular formula is C15H17N5O. The zero-order valence-electron chi connectivity index (χ0n) is 12.3. The summed E-state index contributed by atoms with van der Waals surface area (Å²) < 4.78 is 5.17. The molecule has 3 aromatic rings. The van der Waals surface area contributed by atoms with Gasteiger partial charge in [-0.1, -0.05) is 17.3 Å². The van der Waals surface area contributed by atoms with Crippen molar-refractivity contribution in [2.24, 2.45) is 0 Å². The maximum absolute atomic E-state index is 5.17. The topological polar surface area (TPSA) is 79.6 Å². The molecule has 1 aromatic carbocycles. The number of aryl methyl sites for hydroxylation is 3. The Bertz CT molecular complexity index is 740. The Morgan fingerprint density at radius 2 is 2.10 bits per heavy atom. The third-order valence-electron chi connectivity index (χ3n) is 3.37. The number of hydrogen-bond acceptors (Lipinski definition) is 5. The molecule has 21 heavy (non-hydrogen) atoms. The number of nitrogens with zero attached hydrogens (tertiary/aromatic N) is 3. The highest BCUT2D eigenvalue weighted by Gasteiger charge is 2.09. The van der Waals surface area contributed by atoms with Gasteiger partial charge in [0.1, 0.15) is 11.6 Å². The molecule has 108 valence electrons. The largest absolute Gasteiger partial charge is 0.381 e. The van der Waals surface area contributed by atoms with Crippen molar-refractivity contribution < 1.29 is 4.52 Å². The van der Waals surface area contributed by atoms with Crippen LogP contribution in [0, 0.1) is 20.8 Å². The molecule has 0 aliphatic rings. The summed E-state index contributed by atoms with van der Waals surface area (Å²) in [6.07, 6.45) is 0. The molecule has 6 nitrogen and oxygen atoms in total. The number of benzene rings is 1. The summed E-state index contributed by atoms with van der Waals surface area (Å²) in [6.45, 7) is 6.43. The molecule has 0 saturated carbocycles. The number of rotatable bonds is 4. The molecule has 0 aliphatic carbocycles. The Morgan fingerprint density at radius 1 is 1.24 bits per heavy atom. The molecule has 3 rings (SSSR count). The second kappa shape index (κ2) is 5.40. The lowest BCUT2D eigenvalue weighted by Crippen LogP contribution is -2.01. The van der Waals surface area contributed by atoms with E-state index in [-0.39, 0.29) is 0 Å². The van der Waals surface area contributed by atoms with Crippen LogP contribution in [0.4, 0.5) is 5.69 Å². The Balaban J connectivity index is 1.78. The lowest BCUT2D eigenvalue weighted by Gasteiger charge is -2.07. The maximum atomic E-state index is 5.17. The predicted octanol–water partition coefficient (Wildman–Crippen LogP) is 3.00. The van der Waals surface area contributed by atoms with Gasteiger partial charge in [0, 0.05) is 23.4 Å². The number of aromatic amines is 1. The standard InChI is InChI=1S/C15H17N5O/c1-9-14(10(2)21-20-9)8-16-13-6-4-5-12(7-13)15-17-11(3)18-19-15/h4-7,16H,8H2,1-3H3,(H,17,18,19). The van der Waals surface area contributed by atoms with Gasteiger partial charge in [0.15, 0.2) is 5.82 Å². The Kier molecular flexibility index (Phi) is 3.43. The van der Waals surface area contributed by atoms with E-state index in [9.17, 15) is 0 Å². The second-order valence-corrected chi connectivity index (χ2v) is 4.98. The highest BCUT2D eigenvalue weighted by molar-refractivity contribution is 5.62. The first kappa shape index (κ1) is 13.4. The minimum Gasteiger partial charge on any atom is -0.381 e. The summed E-state index contributed by atoms with van der Waals surface area (Å²) in [7, 11) is 0. The molecule has 0 radical (unpaired) electrons. The van der Waals surface area contributed by atoms with Crippen LogP contribution in [0.15, 0.2) is 28.8 Å². The normalized spacial score (nSPS) is 10.8. The number of aromatic nitrogens is 4. The van der Waals surface area contributed by atoms with E-state index in [1.54, 1.807) is 0 Å². The van der Waals surface area contributed by atoms with Gasteiger partial charge in [0.05, 0.1) is 5.69 Å². The van der Waals surface area contributed by atoms with Crippen molar-refractivity contribution >= 4 is 5.69 Å². The fourth-order valence-corrected chi connectivity index (χ4v) is 2.18. The van der Waals surface area contributed by atoms with E-state index < -0.39 is 0 Å².